The Morgan fingerprint density at radius 2 is 1.43 bits per heavy atom. The molecule has 0 radical (unpaired) electrons. The first kappa shape index (κ1) is 16.3. The molecule has 0 aromatic heterocycles. The Labute approximate surface area is 154 Å². The first-order valence-corrected chi connectivity index (χ1v) is 8.28. The Bertz CT molecular complexity index is 896. The van der Waals surface area contributed by atoms with Crippen molar-refractivity contribution in [3.63, 3.8) is 0 Å². The van der Waals surface area contributed by atoms with Crippen LogP contribution in [-0.4, -0.2) is 5.11 Å². The third-order valence-corrected chi connectivity index (χ3v) is 4.50. The van der Waals surface area contributed by atoms with Crippen molar-refractivity contribution in [2.24, 2.45) is 0 Å². The molecule has 0 heterocycles. The second kappa shape index (κ2) is 6.93. The number of nitrogens with one attached hydrogen (secondary N) is 2. The predicted octanol–water partition coefficient (Wildman–Crippen LogP) is 6.61. The minimum absolute atomic E-state index is 0.399. The lowest BCUT2D eigenvalue weighted by Crippen LogP contribution is -2.19. The Balaban J connectivity index is 1.77. The molecular formula is C17H11Cl3N2S. The van der Waals surface area contributed by atoms with Crippen LogP contribution in [0, 0.1) is 0 Å². The lowest BCUT2D eigenvalue weighted by atomic mass is 10.1. The largest absolute Gasteiger partial charge is 0.332 e. The van der Waals surface area contributed by atoms with E-state index in [1.54, 1.807) is 12.1 Å². The maximum atomic E-state index is 6.13. The molecule has 0 spiro atoms. The van der Waals surface area contributed by atoms with Crippen LogP contribution >= 0.6 is 47.0 Å². The van der Waals surface area contributed by atoms with Crippen LogP contribution in [0.4, 0.5) is 11.4 Å². The third kappa shape index (κ3) is 3.88. The van der Waals surface area contributed by atoms with Crippen LogP contribution in [0.3, 0.4) is 0 Å². The molecule has 0 aliphatic carbocycles. The highest BCUT2D eigenvalue weighted by Crippen LogP contribution is 2.32. The summed E-state index contributed by atoms with van der Waals surface area (Å²) in [5, 5.41) is 10.1. The average Bonchev–Trinajstić information content (AvgIpc) is 2.52. The number of thiocarbonyl (C=S) groups is 1. The van der Waals surface area contributed by atoms with Crippen molar-refractivity contribution in [3.05, 3.63) is 69.7 Å². The molecule has 0 bridgehead atoms. The summed E-state index contributed by atoms with van der Waals surface area (Å²) >= 11 is 23.4. The van der Waals surface area contributed by atoms with E-state index < -0.39 is 0 Å². The van der Waals surface area contributed by atoms with Crippen molar-refractivity contribution in [1.82, 2.24) is 0 Å². The van der Waals surface area contributed by atoms with Crippen LogP contribution in [0.2, 0.25) is 15.1 Å². The van der Waals surface area contributed by atoms with Gasteiger partial charge in [0.1, 0.15) is 0 Å². The highest BCUT2D eigenvalue weighted by molar-refractivity contribution is 7.80. The van der Waals surface area contributed by atoms with E-state index in [1.807, 2.05) is 36.4 Å². The van der Waals surface area contributed by atoms with E-state index >= 15 is 0 Å². The fourth-order valence-corrected chi connectivity index (χ4v) is 2.99. The summed E-state index contributed by atoms with van der Waals surface area (Å²) in [7, 11) is 0. The number of fused-ring (bicyclic) bond motifs is 1. The zero-order valence-electron chi connectivity index (χ0n) is 11.7. The predicted molar refractivity (Wildman–Crippen MR) is 105 cm³/mol. The SMILES string of the molecule is S=C(Nc1ccc2ccccc2c1)Nc1cc(Cl)c(Cl)cc1Cl. The van der Waals surface area contributed by atoms with Crippen molar-refractivity contribution < 1.29 is 0 Å². The van der Waals surface area contributed by atoms with Gasteiger partial charge in [0.2, 0.25) is 0 Å². The summed E-state index contributed by atoms with van der Waals surface area (Å²) in [6.45, 7) is 0. The molecule has 0 unspecified atom stereocenters. The molecule has 2 nitrogen and oxygen atoms in total. The average molecular weight is 382 g/mol. The monoisotopic (exact) mass is 380 g/mol. The number of anilines is 2. The van der Waals surface area contributed by atoms with Gasteiger partial charge in [0.15, 0.2) is 5.11 Å². The standard InChI is InChI=1S/C17H11Cl3N2S/c18-13-8-15(20)16(9-14(13)19)22-17(23)21-12-6-5-10-3-1-2-4-11(10)7-12/h1-9H,(H2,21,22,23). The molecule has 0 amide bonds. The molecule has 0 aliphatic heterocycles. The topological polar surface area (TPSA) is 24.1 Å². The zero-order chi connectivity index (χ0) is 16.4. The normalized spacial score (nSPS) is 10.6. The molecule has 3 rings (SSSR count). The number of benzene rings is 3. The minimum atomic E-state index is 0.399. The molecule has 6 heteroatoms. The summed E-state index contributed by atoms with van der Waals surface area (Å²) in [4.78, 5) is 0. The highest BCUT2D eigenvalue weighted by Gasteiger charge is 2.08. The molecular weight excluding hydrogens is 371 g/mol. The molecule has 3 aromatic carbocycles. The lowest BCUT2D eigenvalue weighted by molar-refractivity contribution is 1.61. The van der Waals surface area contributed by atoms with E-state index in [4.69, 9.17) is 47.0 Å². The van der Waals surface area contributed by atoms with E-state index in [1.165, 1.54) is 5.39 Å². The summed E-state index contributed by atoms with van der Waals surface area (Å²) < 4.78 is 0. The van der Waals surface area contributed by atoms with E-state index in [0.717, 1.165) is 11.1 Å². The van der Waals surface area contributed by atoms with Gasteiger partial charge < -0.3 is 10.6 Å². The van der Waals surface area contributed by atoms with Crippen LogP contribution in [-0.2, 0) is 0 Å². The molecule has 0 aliphatic rings. The number of rotatable bonds is 2. The van der Waals surface area contributed by atoms with E-state index in [0.29, 0.717) is 25.9 Å². The fraction of sp³-hybridized carbons (Fsp3) is 0. The fourth-order valence-electron chi connectivity index (χ4n) is 2.17. The van der Waals surface area contributed by atoms with Crippen molar-refractivity contribution in [3.8, 4) is 0 Å². The lowest BCUT2D eigenvalue weighted by Gasteiger charge is -2.13. The Morgan fingerprint density at radius 3 is 2.22 bits per heavy atom. The number of hydrogen-bond acceptors (Lipinski definition) is 1. The molecule has 116 valence electrons. The van der Waals surface area contributed by atoms with E-state index in [9.17, 15) is 0 Å². The summed E-state index contributed by atoms with van der Waals surface area (Å²) in [6, 6.07) is 17.4. The maximum Gasteiger partial charge on any atom is 0.175 e. The Morgan fingerprint density at radius 1 is 0.739 bits per heavy atom. The second-order valence-corrected chi connectivity index (χ2v) is 6.52. The molecule has 0 saturated carbocycles. The van der Waals surface area contributed by atoms with Crippen LogP contribution in [0.1, 0.15) is 0 Å². The Hall–Kier alpha value is -1.52. The van der Waals surface area contributed by atoms with Gasteiger partial charge in [0, 0.05) is 5.69 Å². The van der Waals surface area contributed by atoms with Gasteiger partial charge in [0.05, 0.1) is 20.8 Å². The molecule has 0 atom stereocenters. The summed E-state index contributed by atoms with van der Waals surface area (Å²) in [5.41, 5.74) is 1.48. The maximum absolute atomic E-state index is 6.13. The van der Waals surface area contributed by atoms with Crippen LogP contribution in [0.5, 0.6) is 0 Å². The van der Waals surface area contributed by atoms with Crippen molar-refractivity contribution in [1.29, 1.82) is 0 Å². The molecule has 0 saturated heterocycles. The molecule has 0 fully saturated rings. The van der Waals surface area contributed by atoms with Gasteiger partial charge in [-0.25, -0.2) is 0 Å². The first-order valence-electron chi connectivity index (χ1n) is 6.74. The minimum Gasteiger partial charge on any atom is -0.332 e. The molecule has 23 heavy (non-hydrogen) atoms. The van der Waals surface area contributed by atoms with E-state index in [2.05, 4.69) is 16.7 Å². The van der Waals surface area contributed by atoms with Gasteiger partial charge in [-0.1, -0.05) is 65.1 Å². The third-order valence-electron chi connectivity index (χ3n) is 3.27. The van der Waals surface area contributed by atoms with Gasteiger partial charge in [0.25, 0.3) is 0 Å². The smallest absolute Gasteiger partial charge is 0.175 e. The van der Waals surface area contributed by atoms with Crippen LogP contribution in [0.25, 0.3) is 10.8 Å². The van der Waals surface area contributed by atoms with Crippen molar-refractivity contribution in [2.75, 3.05) is 10.6 Å². The van der Waals surface area contributed by atoms with Crippen molar-refractivity contribution >= 4 is 74.3 Å². The van der Waals surface area contributed by atoms with Gasteiger partial charge in [-0.2, -0.15) is 0 Å². The van der Waals surface area contributed by atoms with Crippen LogP contribution in [0.15, 0.2) is 54.6 Å². The summed E-state index contributed by atoms with van der Waals surface area (Å²) in [5.74, 6) is 0. The van der Waals surface area contributed by atoms with Gasteiger partial charge in [-0.05, 0) is 47.3 Å². The van der Waals surface area contributed by atoms with Crippen LogP contribution < -0.4 is 10.6 Å². The quantitative estimate of drug-likeness (QED) is 0.386. The molecule has 3 aromatic rings. The van der Waals surface area contributed by atoms with Gasteiger partial charge in [-0.3, -0.25) is 0 Å². The summed E-state index contributed by atoms with van der Waals surface area (Å²) in [6.07, 6.45) is 0. The van der Waals surface area contributed by atoms with E-state index in [-0.39, 0.29) is 0 Å². The highest BCUT2D eigenvalue weighted by atomic mass is 35.5. The molecule has 2 N–H and O–H groups in total. The number of halogens is 3. The first-order chi connectivity index (χ1) is 11.0. The van der Waals surface area contributed by atoms with Gasteiger partial charge >= 0.3 is 0 Å². The van der Waals surface area contributed by atoms with Gasteiger partial charge in [-0.15, -0.1) is 0 Å². The number of hydrogen-bond donors (Lipinski definition) is 2. The Kier molecular flexibility index (Phi) is 4.93. The van der Waals surface area contributed by atoms with Crippen molar-refractivity contribution in [2.45, 2.75) is 0 Å². The zero-order valence-corrected chi connectivity index (χ0v) is 14.8. The second-order valence-electron chi connectivity index (χ2n) is 4.89.